The zero-order chi connectivity index (χ0) is 14.1. The van der Waals surface area contributed by atoms with Gasteiger partial charge in [0.15, 0.2) is 0 Å². The molecule has 2 aromatic rings. The van der Waals surface area contributed by atoms with Crippen LogP contribution in [0.3, 0.4) is 0 Å². The van der Waals surface area contributed by atoms with Gasteiger partial charge >= 0.3 is 0 Å². The first-order valence-electron chi connectivity index (χ1n) is 6.54. The van der Waals surface area contributed by atoms with Gasteiger partial charge in [-0.1, -0.05) is 12.1 Å². The molecule has 6 nitrogen and oxygen atoms in total. The SMILES string of the molecule is CN1CCN(c2cccc(-c3cc(N)n[nH]3)c2)C(=O)C1. The summed E-state index contributed by atoms with van der Waals surface area (Å²) in [5.41, 5.74) is 8.36. The summed E-state index contributed by atoms with van der Waals surface area (Å²) >= 11 is 0. The van der Waals surface area contributed by atoms with Crippen LogP contribution in [0.5, 0.6) is 0 Å². The minimum Gasteiger partial charge on any atom is -0.382 e. The highest BCUT2D eigenvalue weighted by Crippen LogP contribution is 2.25. The molecule has 104 valence electrons. The van der Waals surface area contributed by atoms with Crippen molar-refractivity contribution in [3.63, 3.8) is 0 Å². The Morgan fingerprint density at radius 2 is 2.15 bits per heavy atom. The maximum atomic E-state index is 12.1. The van der Waals surface area contributed by atoms with E-state index in [1.165, 1.54) is 0 Å². The number of hydrogen-bond acceptors (Lipinski definition) is 4. The molecular formula is C14H17N5O. The Kier molecular flexibility index (Phi) is 3.15. The number of likely N-dealkylation sites (N-methyl/N-ethyl adjacent to an activating group) is 1. The maximum absolute atomic E-state index is 12.1. The third-order valence-electron chi connectivity index (χ3n) is 3.48. The summed E-state index contributed by atoms with van der Waals surface area (Å²) in [5.74, 6) is 0.584. The second-order valence-corrected chi connectivity index (χ2v) is 5.04. The molecule has 1 saturated heterocycles. The van der Waals surface area contributed by atoms with E-state index in [0.29, 0.717) is 18.9 Å². The Bertz CT molecular complexity index is 636. The van der Waals surface area contributed by atoms with Crippen molar-refractivity contribution in [1.29, 1.82) is 0 Å². The topological polar surface area (TPSA) is 78.2 Å². The van der Waals surface area contributed by atoms with Gasteiger partial charge in [0, 0.05) is 30.4 Å². The van der Waals surface area contributed by atoms with E-state index in [9.17, 15) is 4.79 Å². The number of hydrogen-bond donors (Lipinski definition) is 2. The van der Waals surface area contributed by atoms with Crippen LogP contribution < -0.4 is 10.6 Å². The first kappa shape index (κ1) is 12.7. The van der Waals surface area contributed by atoms with Gasteiger partial charge in [0.1, 0.15) is 5.82 Å². The lowest BCUT2D eigenvalue weighted by atomic mass is 10.1. The molecule has 0 saturated carbocycles. The Morgan fingerprint density at radius 1 is 1.30 bits per heavy atom. The van der Waals surface area contributed by atoms with E-state index in [1.54, 1.807) is 6.07 Å². The number of nitrogens with one attached hydrogen (secondary N) is 1. The molecule has 1 aromatic carbocycles. The zero-order valence-corrected chi connectivity index (χ0v) is 11.3. The number of aromatic amines is 1. The lowest BCUT2D eigenvalue weighted by molar-refractivity contribution is -0.120. The van der Waals surface area contributed by atoms with Crippen LogP contribution in [0.1, 0.15) is 0 Å². The van der Waals surface area contributed by atoms with Gasteiger partial charge in [-0.15, -0.1) is 0 Å². The molecular weight excluding hydrogens is 254 g/mol. The van der Waals surface area contributed by atoms with E-state index in [0.717, 1.165) is 23.5 Å². The largest absolute Gasteiger partial charge is 0.382 e. The number of carbonyl (C=O) groups is 1. The van der Waals surface area contributed by atoms with Crippen LogP contribution in [0.15, 0.2) is 30.3 Å². The number of H-pyrrole nitrogens is 1. The Labute approximate surface area is 117 Å². The molecule has 0 radical (unpaired) electrons. The van der Waals surface area contributed by atoms with Crippen LogP contribution in [0.4, 0.5) is 11.5 Å². The third-order valence-corrected chi connectivity index (χ3v) is 3.48. The predicted molar refractivity (Wildman–Crippen MR) is 78.3 cm³/mol. The fourth-order valence-corrected chi connectivity index (χ4v) is 2.39. The highest BCUT2D eigenvalue weighted by molar-refractivity contribution is 5.96. The summed E-state index contributed by atoms with van der Waals surface area (Å²) in [6, 6.07) is 9.62. The van der Waals surface area contributed by atoms with Crippen molar-refractivity contribution in [2.75, 3.05) is 37.3 Å². The first-order chi connectivity index (χ1) is 9.63. The molecule has 0 unspecified atom stereocenters. The molecule has 2 heterocycles. The smallest absolute Gasteiger partial charge is 0.241 e. The van der Waals surface area contributed by atoms with E-state index >= 15 is 0 Å². The van der Waals surface area contributed by atoms with Crippen molar-refractivity contribution in [3.8, 4) is 11.3 Å². The molecule has 0 spiro atoms. The van der Waals surface area contributed by atoms with Gasteiger partial charge in [0.2, 0.25) is 5.91 Å². The van der Waals surface area contributed by atoms with Gasteiger partial charge < -0.3 is 10.6 Å². The number of amides is 1. The number of piperazine rings is 1. The van der Waals surface area contributed by atoms with Gasteiger partial charge in [0.05, 0.1) is 12.2 Å². The Morgan fingerprint density at radius 3 is 2.85 bits per heavy atom. The van der Waals surface area contributed by atoms with Crippen molar-refractivity contribution < 1.29 is 4.79 Å². The first-order valence-corrected chi connectivity index (χ1v) is 6.54. The minimum absolute atomic E-state index is 0.125. The van der Waals surface area contributed by atoms with Crippen molar-refractivity contribution in [2.45, 2.75) is 0 Å². The number of benzene rings is 1. The van der Waals surface area contributed by atoms with Gasteiger partial charge in [-0.2, -0.15) is 5.10 Å². The summed E-state index contributed by atoms with van der Waals surface area (Å²) in [5, 5.41) is 6.81. The summed E-state index contributed by atoms with van der Waals surface area (Å²) in [7, 11) is 1.96. The van der Waals surface area contributed by atoms with Crippen LogP contribution >= 0.6 is 0 Å². The van der Waals surface area contributed by atoms with E-state index in [1.807, 2.05) is 41.1 Å². The Balaban J connectivity index is 1.90. The number of anilines is 2. The van der Waals surface area contributed by atoms with Crippen LogP contribution in [0.2, 0.25) is 0 Å². The fourth-order valence-electron chi connectivity index (χ4n) is 2.39. The highest BCUT2D eigenvalue weighted by Gasteiger charge is 2.22. The molecule has 1 fully saturated rings. The monoisotopic (exact) mass is 271 g/mol. The molecule has 0 aliphatic carbocycles. The molecule has 20 heavy (non-hydrogen) atoms. The zero-order valence-electron chi connectivity index (χ0n) is 11.3. The van der Waals surface area contributed by atoms with Gasteiger partial charge in [-0.25, -0.2) is 0 Å². The van der Waals surface area contributed by atoms with Gasteiger partial charge in [0.25, 0.3) is 0 Å². The molecule has 0 atom stereocenters. The lowest BCUT2D eigenvalue weighted by Crippen LogP contribution is -2.48. The van der Waals surface area contributed by atoms with Crippen LogP contribution in [-0.4, -0.2) is 47.7 Å². The highest BCUT2D eigenvalue weighted by atomic mass is 16.2. The molecule has 0 bridgehead atoms. The van der Waals surface area contributed by atoms with Crippen LogP contribution in [-0.2, 0) is 4.79 Å². The number of aromatic nitrogens is 2. The van der Waals surface area contributed by atoms with E-state index in [2.05, 4.69) is 10.2 Å². The Hall–Kier alpha value is -2.34. The number of nitrogens with two attached hydrogens (primary N) is 1. The average molecular weight is 271 g/mol. The normalized spacial score (nSPS) is 16.6. The van der Waals surface area contributed by atoms with Crippen molar-refractivity contribution in [3.05, 3.63) is 30.3 Å². The van der Waals surface area contributed by atoms with Crippen molar-refractivity contribution in [2.24, 2.45) is 0 Å². The average Bonchev–Trinajstić information content (AvgIpc) is 2.86. The number of nitrogens with zero attached hydrogens (tertiary/aromatic N) is 3. The summed E-state index contributed by atoms with van der Waals surface area (Å²) < 4.78 is 0. The summed E-state index contributed by atoms with van der Waals surface area (Å²) in [6.45, 7) is 2.05. The van der Waals surface area contributed by atoms with Gasteiger partial charge in [-0.3, -0.25) is 14.8 Å². The molecule has 6 heteroatoms. The number of nitrogen functional groups attached to an aromatic ring is 1. The van der Waals surface area contributed by atoms with Crippen LogP contribution in [0.25, 0.3) is 11.3 Å². The van der Waals surface area contributed by atoms with Crippen LogP contribution in [0, 0.1) is 0 Å². The van der Waals surface area contributed by atoms with Crippen molar-refractivity contribution >= 4 is 17.4 Å². The predicted octanol–water partition coefficient (Wildman–Crippen LogP) is 0.937. The third kappa shape index (κ3) is 2.37. The number of rotatable bonds is 2. The fraction of sp³-hybridized carbons (Fsp3) is 0.286. The molecule has 3 rings (SSSR count). The number of carbonyl (C=O) groups excluding carboxylic acids is 1. The molecule has 1 aliphatic rings. The van der Waals surface area contributed by atoms with E-state index < -0.39 is 0 Å². The second kappa shape index (κ2) is 4.97. The quantitative estimate of drug-likeness (QED) is 0.852. The summed E-state index contributed by atoms with van der Waals surface area (Å²) in [4.78, 5) is 15.9. The maximum Gasteiger partial charge on any atom is 0.241 e. The molecule has 3 N–H and O–H groups in total. The molecule has 1 aromatic heterocycles. The van der Waals surface area contributed by atoms with Gasteiger partial charge in [-0.05, 0) is 19.2 Å². The second-order valence-electron chi connectivity index (χ2n) is 5.04. The molecule has 1 amide bonds. The minimum atomic E-state index is 0.125. The lowest BCUT2D eigenvalue weighted by Gasteiger charge is -2.32. The summed E-state index contributed by atoms with van der Waals surface area (Å²) in [6.07, 6.45) is 0. The van der Waals surface area contributed by atoms with Crippen molar-refractivity contribution in [1.82, 2.24) is 15.1 Å². The van der Waals surface area contributed by atoms with E-state index in [-0.39, 0.29) is 5.91 Å². The van der Waals surface area contributed by atoms with E-state index in [4.69, 9.17) is 5.73 Å². The molecule has 1 aliphatic heterocycles. The standard InChI is InChI=1S/C14H17N5O/c1-18-5-6-19(14(20)9-18)11-4-2-3-10(7-11)12-8-13(15)17-16-12/h2-4,7-8H,5-6,9H2,1H3,(H3,15,16,17).